The minimum absolute atomic E-state index is 0.00767. The van der Waals surface area contributed by atoms with Crippen molar-refractivity contribution in [1.29, 1.82) is 0 Å². The Bertz CT molecular complexity index is 1100. The lowest BCUT2D eigenvalue weighted by Gasteiger charge is -2.12. The van der Waals surface area contributed by atoms with E-state index in [1.54, 1.807) is 6.07 Å². The van der Waals surface area contributed by atoms with Crippen LogP contribution in [-0.2, 0) is 17.9 Å². The van der Waals surface area contributed by atoms with Crippen LogP contribution in [0.25, 0.3) is 0 Å². The second-order valence-corrected chi connectivity index (χ2v) is 6.11. The summed E-state index contributed by atoms with van der Waals surface area (Å²) in [6.45, 7) is 1.71. The highest BCUT2D eigenvalue weighted by Crippen LogP contribution is 2.12. The number of hydrogen-bond acceptors (Lipinski definition) is 3. The third-order valence-corrected chi connectivity index (χ3v) is 4.19. The molecule has 138 valence electrons. The molecule has 0 radical (unpaired) electrons. The number of para-hydroxylation sites is 1. The molecular formula is C20H18FN3O3. The lowest BCUT2D eigenvalue weighted by Crippen LogP contribution is -2.42. The Hall–Kier alpha value is -3.48. The molecule has 3 aromatic rings. The van der Waals surface area contributed by atoms with Gasteiger partial charge >= 0.3 is 5.69 Å². The maximum Gasteiger partial charge on any atom is 0.331 e. The number of anilines is 1. The molecule has 0 saturated heterocycles. The summed E-state index contributed by atoms with van der Waals surface area (Å²) in [6, 6.07) is 14.5. The van der Waals surface area contributed by atoms with Gasteiger partial charge in [0.05, 0.1) is 12.2 Å². The number of nitrogens with zero attached hydrogens (tertiary/aromatic N) is 2. The molecule has 0 aliphatic rings. The lowest BCUT2D eigenvalue weighted by atomic mass is 10.1. The molecule has 0 fully saturated rings. The highest BCUT2D eigenvalue weighted by Gasteiger charge is 2.12. The number of aromatic nitrogens is 2. The van der Waals surface area contributed by atoms with Crippen LogP contribution < -0.4 is 16.6 Å². The van der Waals surface area contributed by atoms with Crippen molar-refractivity contribution in [2.75, 3.05) is 5.32 Å². The fourth-order valence-electron chi connectivity index (χ4n) is 2.69. The van der Waals surface area contributed by atoms with Gasteiger partial charge in [0, 0.05) is 12.3 Å². The molecule has 1 N–H and O–H groups in total. The van der Waals surface area contributed by atoms with Gasteiger partial charge in [0.25, 0.3) is 5.56 Å². The van der Waals surface area contributed by atoms with Crippen LogP contribution in [0.4, 0.5) is 10.1 Å². The quantitative estimate of drug-likeness (QED) is 0.751. The van der Waals surface area contributed by atoms with Crippen molar-refractivity contribution in [3.05, 3.63) is 98.6 Å². The van der Waals surface area contributed by atoms with Crippen molar-refractivity contribution in [1.82, 2.24) is 9.13 Å². The Morgan fingerprint density at radius 2 is 1.74 bits per heavy atom. The van der Waals surface area contributed by atoms with E-state index < -0.39 is 29.5 Å². The Labute approximate surface area is 154 Å². The highest BCUT2D eigenvalue weighted by atomic mass is 19.1. The van der Waals surface area contributed by atoms with E-state index in [4.69, 9.17) is 0 Å². The molecule has 0 bridgehead atoms. The SMILES string of the molecule is Cc1ccccc1Cn1ccc(=O)n(CC(=O)Nc2ccccc2F)c1=O. The molecule has 1 amide bonds. The highest BCUT2D eigenvalue weighted by molar-refractivity contribution is 5.90. The molecular weight excluding hydrogens is 349 g/mol. The molecule has 2 aromatic carbocycles. The molecule has 0 aliphatic carbocycles. The minimum Gasteiger partial charge on any atom is -0.322 e. The minimum atomic E-state index is -0.659. The third kappa shape index (κ3) is 4.20. The van der Waals surface area contributed by atoms with Crippen LogP contribution >= 0.6 is 0 Å². The maximum atomic E-state index is 13.6. The lowest BCUT2D eigenvalue weighted by molar-refractivity contribution is -0.116. The van der Waals surface area contributed by atoms with E-state index in [1.807, 2.05) is 31.2 Å². The second kappa shape index (κ2) is 7.82. The van der Waals surface area contributed by atoms with E-state index in [9.17, 15) is 18.8 Å². The summed E-state index contributed by atoms with van der Waals surface area (Å²) in [5.74, 6) is -1.25. The van der Waals surface area contributed by atoms with Crippen molar-refractivity contribution in [2.24, 2.45) is 0 Å². The summed E-state index contributed by atoms with van der Waals surface area (Å²) < 4.78 is 15.8. The fraction of sp³-hybridized carbons (Fsp3) is 0.150. The molecule has 27 heavy (non-hydrogen) atoms. The molecule has 0 saturated carbocycles. The van der Waals surface area contributed by atoms with E-state index >= 15 is 0 Å². The van der Waals surface area contributed by atoms with Gasteiger partial charge in [0.15, 0.2) is 0 Å². The van der Waals surface area contributed by atoms with Crippen LogP contribution in [0.2, 0.25) is 0 Å². The van der Waals surface area contributed by atoms with Gasteiger partial charge in [-0.05, 0) is 30.2 Å². The number of amides is 1. The molecule has 1 heterocycles. The third-order valence-electron chi connectivity index (χ3n) is 4.19. The van der Waals surface area contributed by atoms with Crippen LogP contribution in [-0.4, -0.2) is 15.0 Å². The van der Waals surface area contributed by atoms with Gasteiger partial charge in [-0.25, -0.2) is 9.18 Å². The first-order valence-electron chi connectivity index (χ1n) is 8.35. The number of carbonyl (C=O) groups excluding carboxylic acids is 1. The monoisotopic (exact) mass is 367 g/mol. The second-order valence-electron chi connectivity index (χ2n) is 6.11. The number of rotatable bonds is 5. The predicted molar refractivity (Wildman–Crippen MR) is 100 cm³/mol. The van der Waals surface area contributed by atoms with Gasteiger partial charge in [-0.1, -0.05) is 36.4 Å². The van der Waals surface area contributed by atoms with E-state index in [1.165, 1.54) is 35.0 Å². The van der Waals surface area contributed by atoms with Gasteiger partial charge in [0.1, 0.15) is 12.4 Å². The Morgan fingerprint density at radius 1 is 1.04 bits per heavy atom. The zero-order valence-electron chi connectivity index (χ0n) is 14.7. The number of halogens is 1. The van der Waals surface area contributed by atoms with Crippen molar-refractivity contribution in [3.63, 3.8) is 0 Å². The number of aryl methyl sites for hydroxylation is 1. The molecule has 0 unspecified atom stereocenters. The van der Waals surface area contributed by atoms with Crippen LogP contribution in [0.1, 0.15) is 11.1 Å². The van der Waals surface area contributed by atoms with Gasteiger partial charge in [-0.2, -0.15) is 0 Å². The topological polar surface area (TPSA) is 73.1 Å². The van der Waals surface area contributed by atoms with E-state index in [2.05, 4.69) is 5.32 Å². The zero-order valence-corrected chi connectivity index (χ0v) is 14.7. The molecule has 1 aromatic heterocycles. The Morgan fingerprint density at radius 3 is 2.48 bits per heavy atom. The van der Waals surface area contributed by atoms with Gasteiger partial charge in [-0.15, -0.1) is 0 Å². The van der Waals surface area contributed by atoms with Gasteiger partial charge < -0.3 is 5.32 Å². The molecule has 0 spiro atoms. The van der Waals surface area contributed by atoms with E-state index in [0.717, 1.165) is 15.7 Å². The average Bonchev–Trinajstić information content (AvgIpc) is 2.64. The average molecular weight is 367 g/mol. The summed E-state index contributed by atoms with van der Waals surface area (Å²) in [6.07, 6.45) is 1.41. The van der Waals surface area contributed by atoms with E-state index in [-0.39, 0.29) is 12.2 Å². The first-order chi connectivity index (χ1) is 13.0. The van der Waals surface area contributed by atoms with Crippen molar-refractivity contribution >= 4 is 11.6 Å². The van der Waals surface area contributed by atoms with Crippen LogP contribution in [0.3, 0.4) is 0 Å². The largest absolute Gasteiger partial charge is 0.331 e. The van der Waals surface area contributed by atoms with Crippen LogP contribution in [0.15, 0.2) is 70.4 Å². The normalized spacial score (nSPS) is 10.6. The summed E-state index contributed by atoms with van der Waals surface area (Å²) in [5, 5.41) is 2.37. The number of nitrogens with one attached hydrogen (secondary N) is 1. The Kier molecular flexibility index (Phi) is 5.30. The number of carbonyl (C=O) groups is 1. The number of hydrogen-bond donors (Lipinski definition) is 1. The van der Waals surface area contributed by atoms with Gasteiger partial charge in [0.2, 0.25) is 5.91 Å². The molecule has 6 nitrogen and oxygen atoms in total. The summed E-state index contributed by atoms with van der Waals surface area (Å²) in [7, 11) is 0. The first-order valence-corrected chi connectivity index (χ1v) is 8.35. The zero-order chi connectivity index (χ0) is 19.4. The number of benzene rings is 2. The van der Waals surface area contributed by atoms with Crippen molar-refractivity contribution < 1.29 is 9.18 Å². The fourth-order valence-corrected chi connectivity index (χ4v) is 2.69. The first kappa shape index (κ1) is 18.3. The molecule has 0 atom stereocenters. The van der Waals surface area contributed by atoms with Gasteiger partial charge in [-0.3, -0.25) is 18.7 Å². The summed E-state index contributed by atoms with van der Waals surface area (Å²) in [4.78, 5) is 36.9. The Balaban J connectivity index is 1.84. The van der Waals surface area contributed by atoms with Crippen LogP contribution in [0, 0.1) is 12.7 Å². The summed E-state index contributed by atoms with van der Waals surface area (Å²) in [5.41, 5.74) is 0.742. The standard InChI is InChI=1S/C20H18FN3O3/c1-14-6-2-3-7-15(14)12-23-11-10-19(26)24(20(23)27)13-18(25)22-17-9-5-4-8-16(17)21/h2-11H,12-13H2,1H3,(H,22,25). The maximum absolute atomic E-state index is 13.6. The summed E-state index contributed by atoms with van der Waals surface area (Å²) >= 11 is 0. The van der Waals surface area contributed by atoms with Crippen molar-refractivity contribution in [3.8, 4) is 0 Å². The molecule has 0 aliphatic heterocycles. The predicted octanol–water partition coefficient (Wildman–Crippen LogP) is 2.14. The smallest absolute Gasteiger partial charge is 0.322 e. The van der Waals surface area contributed by atoms with E-state index in [0.29, 0.717) is 0 Å². The van der Waals surface area contributed by atoms with Crippen LogP contribution in [0.5, 0.6) is 0 Å². The van der Waals surface area contributed by atoms with Crippen molar-refractivity contribution in [2.45, 2.75) is 20.0 Å². The molecule has 3 rings (SSSR count). The molecule has 7 heteroatoms.